The molecule has 0 radical (unpaired) electrons. The highest BCUT2D eigenvalue weighted by Crippen LogP contribution is 2.31. The summed E-state index contributed by atoms with van der Waals surface area (Å²) in [6.45, 7) is 1.56. The number of rotatable bonds is 6. The smallest absolute Gasteiger partial charge is 0.265 e. The van der Waals surface area contributed by atoms with E-state index in [1.54, 1.807) is 31.2 Å². The van der Waals surface area contributed by atoms with E-state index in [-0.39, 0.29) is 16.5 Å². The molecule has 12 heteroatoms. The van der Waals surface area contributed by atoms with Crippen LogP contribution < -0.4 is 10.4 Å². The summed E-state index contributed by atoms with van der Waals surface area (Å²) in [6.07, 6.45) is -5.51. The normalized spacial score (nSPS) is 15.0. The number of hydrogen-bond acceptors (Lipinski definition) is 8. The van der Waals surface area contributed by atoms with E-state index in [4.69, 9.17) is 0 Å². The van der Waals surface area contributed by atoms with Crippen molar-refractivity contribution >= 4 is 50.3 Å². The lowest BCUT2D eigenvalue weighted by Gasteiger charge is -2.06. The van der Waals surface area contributed by atoms with Crippen molar-refractivity contribution in [1.29, 1.82) is 0 Å². The van der Waals surface area contributed by atoms with E-state index in [0.29, 0.717) is 27.0 Å². The van der Waals surface area contributed by atoms with Gasteiger partial charge in [-0.3, -0.25) is 10.2 Å². The second kappa shape index (κ2) is 9.63. The Morgan fingerprint density at radius 2 is 1.67 bits per heavy atom. The molecule has 7 nitrogen and oxygen atoms in total. The molecule has 1 aliphatic heterocycles. The standard InChI is InChI=1S/C24H17F3N6OS2/c1-14-17(12-24(25,26)27)28-22(36-14)31-30-20-19(16-10-6-3-7-11-16)32-33(21(20)34)23-29-18(13-35-23)15-8-4-2-5-9-15/h2-11,13H,12H2,1H3,(H,28,31)/b30-20-. The third kappa shape index (κ3) is 5.04. The predicted molar refractivity (Wildman–Crippen MR) is 136 cm³/mol. The number of anilines is 2. The van der Waals surface area contributed by atoms with Gasteiger partial charge in [0.2, 0.25) is 10.3 Å². The van der Waals surface area contributed by atoms with Crippen LogP contribution in [-0.4, -0.2) is 33.5 Å². The molecule has 0 unspecified atom stereocenters. The van der Waals surface area contributed by atoms with Crippen LogP contribution in [0.2, 0.25) is 0 Å². The first-order valence-corrected chi connectivity index (χ1v) is 12.3. The largest absolute Gasteiger partial charge is 0.394 e. The Balaban J connectivity index is 1.46. The Hall–Kier alpha value is -3.90. The van der Waals surface area contributed by atoms with E-state index >= 15 is 0 Å². The summed E-state index contributed by atoms with van der Waals surface area (Å²) < 4.78 is 38.4. The predicted octanol–water partition coefficient (Wildman–Crippen LogP) is 5.90. The van der Waals surface area contributed by atoms with Gasteiger partial charge in [0.1, 0.15) is 5.71 Å². The fourth-order valence-electron chi connectivity index (χ4n) is 3.45. The minimum atomic E-state index is -4.37. The number of nitrogens with one attached hydrogen (secondary N) is 1. The Bertz CT molecular complexity index is 1460. The molecule has 0 aliphatic carbocycles. The number of halogens is 3. The van der Waals surface area contributed by atoms with E-state index in [2.05, 4.69) is 25.6 Å². The molecule has 2 aromatic carbocycles. The quantitative estimate of drug-likeness (QED) is 0.317. The lowest BCUT2D eigenvalue weighted by molar-refractivity contribution is -0.127. The zero-order chi connectivity index (χ0) is 25.3. The lowest BCUT2D eigenvalue weighted by Crippen LogP contribution is -2.28. The Morgan fingerprint density at radius 1 is 1.00 bits per heavy atom. The third-order valence-electron chi connectivity index (χ3n) is 5.13. The van der Waals surface area contributed by atoms with Crippen LogP contribution in [0, 0.1) is 6.92 Å². The number of benzene rings is 2. The molecule has 0 atom stereocenters. The molecule has 182 valence electrons. The molecule has 2 aromatic heterocycles. The van der Waals surface area contributed by atoms with Gasteiger partial charge >= 0.3 is 12.1 Å². The van der Waals surface area contributed by atoms with Gasteiger partial charge in [-0.1, -0.05) is 60.7 Å². The number of aromatic nitrogens is 2. The fourth-order valence-corrected chi connectivity index (χ4v) is 5.00. The monoisotopic (exact) mass is 526 g/mol. The van der Waals surface area contributed by atoms with Crippen LogP contribution in [0.25, 0.3) is 11.3 Å². The minimum absolute atomic E-state index is 0.00267. The molecular weight excluding hydrogens is 509 g/mol. The molecule has 36 heavy (non-hydrogen) atoms. The van der Waals surface area contributed by atoms with Gasteiger partial charge in [0, 0.05) is 21.4 Å². The summed E-state index contributed by atoms with van der Waals surface area (Å²) in [6, 6.07) is 18.6. The Labute approximate surface area is 211 Å². The van der Waals surface area contributed by atoms with Crippen LogP contribution in [0.1, 0.15) is 16.1 Å². The van der Waals surface area contributed by atoms with Crippen LogP contribution in [0.3, 0.4) is 0 Å². The van der Waals surface area contributed by atoms with Crippen molar-refractivity contribution < 1.29 is 18.0 Å². The van der Waals surface area contributed by atoms with Gasteiger partial charge < -0.3 is 0 Å². The fraction of sp³-hybridized carbons (Fsp3) is 0.125. The summed E-state index contributed by atoms with van der Waals surface area (Å²) in [5.74, 6) is -0.515. The molecule has 1 amide bonds. The summed E-state index contributed by atoms with van der Waals surface area (Å²) in [5.41, 5.74) is 5.15. The molecule has 0 saturated carbocycles. The topological polar surface area (TPSA) is 82.8 Å². The molecule has 0 bridgehead atoms. The highest BCUT2D eigenvalue weighted by molar-refractivity contribution is 7.15. The Kier molecular flexibility index (Phi) is 6.37. The first-order chi connectivity index (χ1) is 17.3. The van der Waals surface area contributed by atoms with E-state index in [1.165, 1.54) is 16.3 Å². The van der Waals surface area contributed by atoms with Gasteiger partial charge in [-0.05, 0) is 6.92 Å². The molecule has 4 aromatic rings. The zero-order valence-electron chi connectivity index (χ0n) is 18.7. The number of carbonyl (C=O) groups excluding carboxylic acids is 1. The van der Waals surface area contributed by atoms with Gasteiger partial charge in [-0.2, -0.15) is 28.4 Å². The van der Waals surface area contributed by atoms with E-state index < -0.39 is 18.5 Å². The highest BCUT2D eigenvalue weighted by Gasteiger charge is 2.36. The van der Waals surface area contributed by atoms with E-state index in [0.717, 1.165) is 16.9 Å². The first-order valence-electron chi connectivity index (χ1n) is 10.6. The van der Waals surface area contributed by atoms with Gasteiger partial charge in [0.15, 0.2) is 5.71 Å². The number of alkyl halides is 3. The van der Waals surface area contributed by atoms with Crippen LogP contribution in [-0.2, 0) is 11.2 Å². The summed E-state index contributed by atoms with van der Waals surface area (Å²) in [7, 11) is 0. The van der Waals surface area contributed by atoms with Crippen LogP contribution >= 0.6 is 22.7 Å². The van der Waals surface area contributed by atoms with Crippen molar-refractivity contribution in [3.05, 3.63) is 82.2 Å². The Morgan fingerprint density at radius 3 is 2.33 bits per heavy atom. The summed E-state index contributed by atoms with van der Waals surface area (Å²) in [5, 5.41) is 12.2. The third-order valence-corrected chi connectivity index (χ3v) is 6.87. The number of thiazole rings is 2. The molecular formula is C24H17F3N6OS2. The number of hydrazone groups is 2. The molecule has 0 saturated heterocycles. The molecule has 0 fully saturated rings. The summed E-state index contributed by atoms with van der Waals surface area (Å²) in [4.78, 5) is 22.3. The van der Waals surface area contributed by atoms with Crippen molar-refractivity contribution in [3.8, 4) is 11.3 Å². The van der Waals surface area contributed by atoms with Crippen LogP contribution in [0.15, 0.2) is 76.2 Å². The van der Waals surface area contributed by atoms with Gasteiger partial charge in [0.25, 0.3) is 0 Å². The van der Waals surface area contributed by atoms with Crippen molar-refractivity contribution in [1.82, 2.24) is 9.97 Å². The van der Waals surface area contributed by atoms with Crippen LogP contribution in [0.5, 0.6) is 0 Å². The zero-order valence-corrected chi connectivity index (χ0v) is 20.3. The van der Waals surface area contributed by atoms with E-state index in [9.17, 15) is 18.0 Å². The number of amides is 1. The average Bonchev–Trinajstić information content (AvgIpc) is 3.56. The maximum atomic E-state index is 13.4. The molecule has 3 heterocycles. The van der Waals surface area contributed by atoms with Gasteiger partial charge in [-0.25, -0.2) is 9.97 Å². The minimum Gasteiger partial charge on any atom is -0.265 e. The van der Waals surface area contributed by atoms with E-state index in [1.807, 2.05) is 41.8 Å². The van der Waals surface area contributed by atoms with Crippen molar-refractivity contribution in [2.45, 2.75) is 19.5 Å². The maximum absolute atomic E-state index is 13.4. The van der Waals surface area contributed by atoms with Crippen LogP contribution in [0.4, 0.5) is 23.4 Å². The van der Waals surface area contributed by atoms with Crippen molar-refractivity contribution in [3.63, 3.8) is 0 Å². The lowest BCUT2D eigenvalue weighted by atomic mass is 10.1. The number of aryl methyl sites for hydroxylation is 1. The highest BCUT2D eigenvalue weighted by atomic mass is 32.1. The van der Waals surface area contributed by atoms with Gasteiger partial charge in [-0.15, -0.1) is 22.7 Å². The SMILES string of the molecule is Cc1sc(N/N=C2\C(=O)N(c3nc(-c4ccccc4)cs3)N=C2c2ccccc2)nc1CC(F)(F)F. The second-order valence-electron chi connectivity index (χ2n) is 7.70. The maximum Gasteiger partial charge on any atom is 0.394 e. The molecule has 1 aliphatic rings. The first kappa shape index (κ1) is 23.8. The van der Waals surface area contributed by atoms with Gasteiger partial charge in [0.05, 0.1) is 17.8 Å². The second-order valence-corrected chi connectivity index (χ2v) is 9.74. The molecule has 0 spiro atoms. The van der Waals surface area contributed by atoms with Crippen molar-refractivity contribution in [2.24, 2.45) is 10.2 Å². The molecule has 1 N–H and O–H groups in total. The van der Waals surface area contributed by atoms with Crippen molar-refractivity contribution in [2.75, 3.05) is 10.4 Å². The average molecular weight is 527 g/mol. The number of hydrogen-bond donors (Lipinski definition) is 1. The summed E-state index contributed by atoms with van der Waals surface area (Å²) >= 11 is 2.29. The number of nitrogens with zero attached hydrogens (tertiary/aromatic N) is 5. The molecule has 5 rings (SSSR count). The number of carbonyl (C=O) groups is 1.